The fourth-order valence-electron chi connectivity index (χ4n) is 4.31. The van der Waals surface area contributed by atoms with Crippen LogP contribution in [-0.2, 0) is 4.79 Å². The highest BCUT2D eigenvalue weighted by atomic mass is 16.5. The molecule has 0 bridgehead atoms. The third-order valence-electron chi connectivity index (χ3n) is 5.62. The molecule has 0 saturated carbocycles. The number of piperidine rings is 2. The number of carbonyl (C=O) groups is 2. The minimum absolute atomic E-state index is 0.0454. The van der Waals surface area contributed by atoms with Crippen LogP contribution in [0.5, 0.6) is 0 Å². The summed E-state index contributed by atoms with van der Waals surface area (Å²) in [5.74, 6) is 0.529. The molecule has 0 N–H and O–H groups in total. The van der Waals surface area contributed by atoms with Crippen LogP contribution in [0.1, 0.15) is 75.5 Å². The standard InChI is InChI=1S/C18H27N3O3/c1-12(2)14-11-15(24-19-14)17(23)20-9-6-8-18(4)16(20)7-5-10-21(18)13(3)22/h11-12,16H,5-10H2,1-4H3/t16-,18+/m1/s1. The van der Waals surface area contributed by atoms with Crippen LogP contribution in [0.3, 0.4) is 0 Å². The first kappa shape index (κ1) is 17.0. The number of hydrogen-bond acceptors (Lipinski definition) is 4. The average Bonchev–Trinajstić information content (AvgIpc) is 3.02. The first-order valence-corrected chi connectivity index (χ1v) is 8.90. The Labute approximate surface area is 143 Å². The molecule has 2 aliphatic heterocycles. The summed E-state index contributed by atoms with van der Waals surface area (Å²) in [6.45, 7) is 9.29. The number of carbonyl (C=O) groups excluding carboxylic acids is 2. The summed E-state index contributed by atoms with van der Waals surface area (Å²) in [5, 5.41) is 4.01. The van der Waals surface area contributed by atoms with Crippen molar-refractivity contribution in [1.29, 1.82) is 0 Å². The van der Waals surface area contributed by atoms with Gasteiger partial charge in [0.2, 0.25) is 11.7 Å². The molecule has 2 aliphatic rings. The van der Waals surface area contributed by atoms with Gasteiger partial charge in [-0.2, -0.15) is 0 Å². The Kier molecular flexibility index (Phi) is 4.40. The fourth-order valence-corrected chi connectivity index (χ4v) is 4.31. The third-order valence-corrected chi connectivity index (χ3v) is 5.62. The molecule has 0 spiro atoms. The van der Waals surface area contributed by atoms with E-state index in [0.29, 0.717) is 12.3 Å². The van der Waals surface area contributed by atoms with Crippen LogP contribution in [0.25, 0.3) is 0 Å². The molecule has 0 aromatic carbocycles. The van der Waals surface area contributed by atoms with Crippen molar-refractivity contribution in [3.8, 4) is 0 Å². The zero-order chi connectivity index (χ0) is 17.5. The molecular formula is C18H27N3O3. The summed E-state index contributed by atoms with van der Waals surface area (Å²) in [5.41, 5.74) is 0.519. The van der Waals surface area contributed by atoms with Crippen molar-refractivity contribution >= 4 is 11.8 Å². The van der Waals surface area contributed by atoms with Gasteiger partial charge in [0.25, 0.3) is 5.91 Å². The van der Waals surface area contributed by atoms with Crippen LogP contribution in [0, 0.1) is 0 Å². The van der Waals surface area contributed by atoms with Crippen LogP contribution < -0.4 is 0 Å². The maximum atomic E-state index is 13.0. The predicted octanol–water partition coefficient (Wildman–Crippen LogP) is 2.80. The zero-order valence-corrected chi connectivity index (χ0v) is 15.0. The van der Waals surface area contributed by atoms with Crippen molar-refractivity contribution in [3.63, 3.8) is 0 Å². The Balaban J connectivity index is 1.87. The summed E-state index contributed by atoms with van der Waals surface area (Å²) >= 11 is 0. The molecule has 6 heteroatoms. The van der Waals surface area contributed by atoms with Crippen molar-refractivity contribution in [3.05, 3.63) is 17.5 Å². The van der Waals surface area contributed by atoms with Crippen LogP contribution >= 0.6 is 0 Å². The second-order valence-electron chi connectivity index (χ2n) is 7.56. The van der Waals surface area contributed by atoms with Gasteiger partial charge in [-0.3, -0.25) is 9.59 Å². The molecule has 1 aromatic heterocycles. The lowest BCUT2D eigenvalue weighted by Gasteiger charge is -2.56. The highest BCUT2D eigenvalue weighted by Gasteiger charge is 2.50. The largest absolute Gasteiger partial charge is 0.351 e. The quantitative estimate of drug-likeness (QED) is 0.835. The van der Waals surface area contributed by atoms with E-state index >= 15 is 0 Å². The van der Waals surface area contributed by atoms with Gasteiger partial charge in [0, 0.05) is 26.1 Å². The third kappa shape index (κ3) is 2.72. The Morgan fingerprint density at radius 1 is 1.33 bits per heavy atom. The average molecular weight is 333 g/mol. The minimum Gasteiger partial charge on any atom is -0.351 e. The van der Waals surface area contributed by atoms with Gasteiger partial charge in [-0.1, -0.05) is 19.0 Å². The highest BCUT2D eigenvalue weighted by molar-refractivity contribution is 5.92. The Morgan fingerprint density at radius 3 is 2.71 bits per heavy atom. The summed E-state index contributed by atoms with van der Waals surface area (Å²) in [4.78, 5) is 28.9. The lowest BCUT2D eigenvalue weighted by atomic mass is 9.76. The Bertz CT molecular complexity index is 639. The van der Waals surface area contributed by atoms with Crippen LogP contribution in [0.2, 0.25) is 0 Å². The van der Waals surface area contributed by atoms with E-state index in [1.54, 1.807) is 13.0 Å². The van der Waals surface area contributed by atoms with E-state index in [-0.39, 0.29) is 29.3 Å². The summed E-state index contributed by atoms with van der Waals surface area (Å²) in [6, 6.07) is 1.80. The molecule has 132 valence electrons. The van der Waals surface area contributed by atoms with E-state index in [1.165, 1.54) is 0 Å². The second-order valence-corrected chi connectivity index (χ2v) is 7.56. The van der Waals surface area contributed by atoms with Gasteiger partial charge in [0.15, 0.2) is 0 Å². The van der Waals surface area contributed by atoms with Gasteiger partial charge >= 0.3 is 0 Å². The van der Waals surface area contributed by atoms with Crippen LogP contribution in [-0.4, -0.2) is 51.4 Å². The van der Waals surface area contributed by atoms with Gasteiger partial charge in [-0.05, 0) is 38.5 Å². The Morgan fingerprint density at radius 2 is 2.08 bits per heavy atom. The van der Waals surface area contributed by atoms with Crippen molar-refractivity contribution < 1.29 is 14.1 Å². The molecule has 2 saturated heterocycles. The molecule has 2 amide bonds. The normalized spacial score (nSPS) is 27.3. The summed E-state index contributed by atoms with van der Waals surface area (Å²) in [6.07, 6.45) is 3.69. The van der Waals surface area contributed by atoms with Crippen molar-refractivity contribution in [2.45, 2.75) is 70.9 Å². The molecule has 2 fully saturated rings. The summed E-state index contributed by atoms with van der Waals surface area (Å²) in [7, 11) is 0. The molecule has 6 nitrogen and oxygen atoms in total. The molecule has 1 aromatic rings. The molecule has 24 heavy (non-hydrogen) atoms. The molecular weight excluding hydrogens is 306 g/mol. The van der Waals surface area contributed by atoms with Gasteiger partial charge < -0.3 is 14.3 Å². The van der Waals surface area contributed by atoms with Gasteiger partial charge in [0.1, 0.15) is 0 Å². The van der Waals surface area contributed by atoms with E-state index in [1.807, 2.05) is 23.6 Å². The molecule has 0 unspecified atom stereocenters. The first-order valence-electron chi connectivity index (χ1n) is 8.90. The SMILES string of the molecule is CC(=O)N1CCC[C@H]2N(C(=O)c3cc(C(C)C)no3)CCC[C@@]21C. The van der Waals surface area contributed by atoms with Gasteiger partial charge in [-0.25, -0.2) is 0 Å². The number of hydrogen-bond donors (Lipinski definition) is 0. The van der Waals surface area contributed by atoms with Crippen LogP contribution in [0.15, 0.2) is 10.6 Å². The minimum atomic E-state index is -0.279. The number of amides is 2. The maximum Gasteiger partial charge on any atom is 0.292 e. The lowest BCUT2D eigenvalue weighted by molar-refractivity contribution is -0.143. The number of likely N-dealkylation sites (tertiary alicyclic amines) is 2. The number of fused-ring (bicyclic) bond motifs is 1. The smallest absolute Gasteiger partial charge is 0.292 e. The fraction of sp³-hybridized carbons (Fsp3) is 0.722. The van der Waals surface area contributed by atoms with E-state index in [0.717, 1.165) is 37.9 Å². The number of rotatable bonds is 2. The Hall–Kier alpha value is -1.85. The highest BCUT2D eigenvalue weighted by Crippen LogP contribution is 2.39. The van der Waals surface area contributed by atoms with Crippen molar-refractivity contribution in [2.75, 3.05) is 13.1 Å². The van der Waals surface area contributed by atoms with E-state index in [4.69, 9.17) is 4.52 Å². The molecule has 2 atom stereocenters. The van der Waals surface area contributed by atoms with Crippen LogP contribution in [0.4, 0.5) is 0 Å². The van der Waals surface area contributed by atoms with Crippen molar-refractivity contribution in [1.82, 2.24) is 15.0 Å². The molecule has 3 rings (SSSR count). The monoisotopic (exact) mass is 333 g/mol. The predicted molar refractivity (Wildman–Crippen MR) is 89.7 cm³/mol. The molecule has 0 radical (unpaired) electrons. The van der Waals surface area contributed by atoms with Crippen molar-refractivity contribution in [2.24, 2.45) is 0 Å². The number of nitrogens with zero attached hydrogens (tertiary/aromatic N) is 3. The summed E-state index contributed by atoms with van der Waals surface area (Å²) < 4.78 is 5.31. The zero-order valence-electron chi connectivity index (χ0n) is 15.0. The number of aromatic nitrogens is 1. The molecule has 0 aliphatic carbocycles. The van der Waals surface area contributed by atoms with Gasteiger partial charge in [0.05, 0.1) is 17.3 Å². The van der Waals surface area contributed by atoms with E-state index in [9.17, 15) is 9.59 Å². The topological polar surface area (TPSA) is 66.7 Å². The first-order chi connectivity index (χ1) is 11.3. The second kappa shape index (κ2) is 6.22. The van der Waals surface area contributed by atoms with Gasteiger partial charge in [-0.15, -0.1) is 0 Å². The molecule has 3 heterocycles. The lowest BCUT2D eigenvalue weighted by Crippen LogP contribution is -2.67. The van der Waals surface area contributed by atoms with E-state index < -0.39 is 0 Å². The van der Waals surface area contributed by atoms with E-state index in [2.05, 4.69) is 12.1 Å². The maximum absolute atomic E-state index is 13.0.